The molecule has 0 aliphatic carbocycles. The van der Waals surface area contributed by atoms with Gasteiger partial charge in [0.1, 0.15) is 0 Å². The van der Waals surface area contributed by atoms with Crippen LogP contribution in [-0.2, 0) is 0 Å². The number of carbonyl (C=O) groups excluding carboxylic acids is 2. The number of rotatable bonds is 1. The monoisotopic (exact) mass is 303 g/mol. The molecule has 2 heterocycles. The second kappa shape index (κ2) is 4.71. The predicted octanol–water partition coefficient (Wildman–Crippen LogP) is 3.05. The zero-order valence-electron chi connectivity index (χ0n) is 12.7. The number of anilines is 1. The van der Waals surface area contributed by atoms with Gasteiger partial charge in [0.15, 0.2) is 0 Å². The van der Waals surface area contributed by atoms with E-state index in [9.17, 15) is 9.59 Å². The van der Waals surface area contributed by atoms with Gasteiger partial charge < -0.3 is 0 Å². The molecule has 0 bridgehead atoms. The van der Waals surface area contributed by atoms with Crippen LogP contribution in [0, 0.1) is 13.8 Å². The van der Waals surface area contributed by atoms with Crippen LogP contribution >= 0.6 is 0 Å². The Hall–Kier alpha value is -3.08. The van der Waals surface area contributed by atoms with E-state index >= 15 is 0 Å². The molecule has 1 aliphatic heterocycles. The molecule has 0 N–H and O–H groups in total. The van der Waals surface area contributed by atoms with E-state index in [1.807, 2.05) is 38.1 Å². The molecule has 112 valence electrons. The maximum absolute atomic E-state index is 12.9. The van der Waals surface area contributed by atoms with Crippen molar-refractivity contribution in [3.05, 3.63) is 65.0 Å². The summed E-state index contributed by atoms with van der Waals surface area (Å²) >= 11 is 0. The average molecular weight is 303 g/mol. The molecule has 0 saturated carbocycles. The summed E-state index contributed by atoms with van der Waals surface area (Å²) in [5.41, 5.74) is 2.43. The Morgan fingerprint density at radius 2 is 1.35 bits per heavy atom. The van der Waals surface area contributed by atoms with Crippen LogP contribution in [0.5, 0.6) is 0 Å². The largest absolute Gasteiger partial charge is 0.268 e. The minimum Gasteiger partial charge on any atom is -0.268 e. The Labute approximate surface area is 132 Å². The van der Waals surface area contributed by atoms with E-state index in [0.29, 0.717) is 27.9 Å². The second-order valence-electron chi connectivity index (χ2n) is 5.61. The molecule has 23 heavy (non-hydrogen) atoms. The molecule has 0 spiro atoms. The van der Waals surface area contributed by atoms with Crippen LogP contribution in [0.25, 0.3) is 10.8 Å². The molecule has 4 rings (SSSR count). The van der Waals surface area contributed by atoms with Crippen LogP contribution in [0.15, 0.2) is 42.5 Å². The van der Waals surface area contributed by atoms with E-state index in [1.54, 1.807) is 18.2 Å². The van der Waals surface area contributed by atoms with Gasteiger partial charge in [0.2, 0.25) is 5.95 Å². The van der Waals surface area contributed by atoms with Gasteiger partial charge in [-0.1, -0.05) is 24.3 Å². The highest BCUT2D eigenvalue weighted by atomic mass is 16.2. The highest BCUT2D eigenvalue weighted by Crippen LogP contribution is 2.31. The fourth-order valence-corrected chi connectivity index (χ4v) is 3.02. The number of benzene rings is 2. The number of aromatic nitrogens is 2. The Bertz CT molecular complexity index is 924. The summed E-state index contributed by atoms with van der Waals surface area (Å²) in [7, 11) is 0. The van der Waals surface area contributed by atoms with Gasteiger partial charge in [0.25, 0.3) is 11.8 Å². The number of aryl methyl sites for hydroxylation is 2. The van der Waals surface area contributed by atoms with Gasteiger partial charge in [-0.05, 0) is 37.4 Å². The molecule has 1 aromatic heterocycles. The second-order valence-corrected chi connectivity index (χ2v) is 5.61. The van der Waals surface area contributed by atoms with Crippen molar-refractivity contribution in [3.8, 4) is 0 Å². The van der Waals surface area contributed by atoms with E-state index in [-0.39, 0.29) is 17.8 Å². The van der Waals surface area contributed by atoms with Gasteiger partial charge in [-0.2, -0.15) is 0 Å². The topological polar surface area (TPSA) is 63.2 Å². The molecule has 0 atom stereocenters. The Morgan fingerprint density at radius 3 is 1.87 bits per heavy atom. The summed E-state index contributed by atoms with van der Waals surface area (Å²) in [5, 5.41) is 1.58. The lowest BCUT2D eigenvalue weighted by Gasteiger charge is -2.25. The fourth-order valence-electron chi connectivity index (χ4n) is 3.02. The Kier molecular flexibility index (Phi) is 2.78. The first-order valence-corrected chi connectivity index (χ1v) is 7.29. The van der Waals surface area contributed by atoms with Crippen molar-refractivity contribution in [2.24, 2.45) is 0 Å². The van der Waals surface area contributed by atoms with Gasteiger partial charge in [0, 0.05) is 27.9 Å². The molecule has 1 aliphatic rings. The first-order valence-electron chi connectivity index (χ1n) is 7.29. The number of carbonyl (C=O) groups is 2. The Balaban J connectivity index is 1.99. The van der Waals surface area contributed by atoms with Crippen LogP contribution in [0.4, 0.5) is 5.95 Å². The van der Waals surface area contributed by atoms with Crippen molar-refractivity contribution in [2.75, 3.05) is 4.90 Å². The van der Waals surface area contributed by atoms with E-state index in [1.165, 1.54) is 0 Å². The van der Waals surface area contributed by atoms with Gasteiger partial charge in [-0.3, -0.25) is 9.59 Å². The molecule has 2 amide bonds. The average Bonchev–Trinajstić information content (AvgIpc) is 2.51. The predicted molar refractivity (Wildman–Crippen MR) is 86.6 cm³/mol. The lowest BCUT2D eigenvalue weighted by Crippen LogP contribution is -2.41. The normalized spacial score (nSPS) is 13.7. The van der Waals surface area contributed by atoms with Gasteiger partial charge >= 0.3 is 0 Å². The molecule has 0 radical (unpaired) electrons. The van der Waals surface area contributed by atoms with Gasteiger partial charge in [-0.15, -0.1) is 0 Å². The van der Waals surface area contributed by atoms with Crippen LogP contribution in [0.2, 0.25) is 0 Å². The SMILES string of the molecule is Cc1cc(C)nc(N2C(=O)c3cccc4cccc(c34)C2=O)n1. The molecule has 0 saturated heterocycles. The van der Waals surface area contributed by atoms with Gasteiger partial charge in [-0.25, -0.2) is 14.9 Å². The van der Waals surface area contributed by atoms with Crippen molar-refractivity contribution in [3.63, 3.8) is 0 Å². The smallest absolute Gasteiger partial charge is 0.268 e. The minimum absolute atomic E-state index is 0.129. The van der Waals surface area contributed by atoms with E-state index in [2.05, 4.69) is 9.97 Å². The number of hydrogen-bond acceptors (Lipinski definition) is 4. The summed E-state index contributed by atoms with van der Waals surface area (Å²) in [6, 6.07) is 12.7. The van der Waals surface area contributed by atoms with Crippen LogP contribution in [0.1, 0.15) is 32.1 Å². The molecule has 3 aromatic rings. The van der Waals surface area contributed by atoms with Crippen LogP contribution in [-0.4, -0.2) is 21.8 Å². The third-order valence-electron chi connectivity index (χ3n) is 3.94. The third kappa shape index (κ3) is 1.93. The zero-order chi connectivity index (χ0) is 16.1. The molecule has 5 nitrogen and oxygen atoms in total. The Morgan fingerprint density at radius 1 is 0.826 bits per heavy atom. The number of amides is 2. The molecule has 0 unspecified atom stereocenters. The standard InChI is InChI=1S/C18H13N3O2/c1-10-9-11(2)20-18(19-10)21-16(22)13-7-3-5-12-6-4-8-14(15(12)13)17(21)23/h3-9H,1-2H3. The third-order valence-corrected chi connectivity index (χ3v) is 3.94. The quantitative estimate of drug-likeness (QED) is 0.648. The lowest BCUT2D eigenvalue weighted by atomic mass is 9.94. The maximum atomic E-state index is 12.9. The molecule has 2 aromatic carbocycles. The molecular weight excluding hydrogens is 290 g/mol. The van der Waals surface area contributed by atoms with Crippen molar-refractivity contribution in [1.29, 1.82) is 0 Å². The van der Waals surface area contributed by atoms with Crippen LogP contribution < -0.4 is 4.90 Å². The van der Waals surface area contributed by atoms with E-state index in [0.717, 1.165) is 10.3 Å². The molecular formula is C18H13N3O2. The number of imide groups is 1. The number of nitrogens with zero attached hydrogens (tertiary/aromatic N) is 3. The summed E-state index contributed by atoms with van der Waals surface area (Å²) in [6.45, 7) is 3.62. The van der Waals surface area contributed by atoms with E-state index < -0.39 is 0 Å². The summed E-state index contributed by atoms with van der Waals surface area (Å²) in [5.74, 6) is -0.641. The summed E-state index contributed by atoms with van der Waals surface area (Å²) < 4.78 is 0. The minimum atomic E-state index is -0.385. The highest BCUT2D eigenvalue weighted by molar-refractivity contribution is 6.35. The van der Waals surface area contributed by atoms with Crippen molar-refractivity contribution in [1.82, 2.24) is 9.97 Å². The van der Waals surface area contributed by atoms with Crippen molar-refractivity contribution in [2.45, 2.75) is 13.8 Å². The van der Waals surface area contributed by atoms with Crippen molar-refractivity contribution >= 4 is 28.5 Å². The summed E-state index contributed by atoms with van der Waals surface area (Å²) in [6.07, 6.45) is 0. The van der Waals surface area contributed by atoms with E-state index in [4.69, 9.17) is 0 Å². The molecule has 0 fully saturated rings. The zero-order valence-corrected chi connectivity index (χ0v) is 12.7. The first kappa shape index (κ1) is 13.6. The summed E-state index contributed by atoms with van der Waals surface area (Å²) in [4.78, 5) is 35.3. The maximum Gasteiger partial charge on any atom is 0.268 e. The number of hydrogen-bond donors (Lipinski definition) is 0. The lowest BCUT2D eigenvalue weighted by molar-refractivity contribution is 0.0891. The molecule has 5 heteroatoms. The van der Waals surface area contributed by atoms with Crippen LogP contribution in [0.3, 0.4) is 0 Å². The highest BCUT2D eigenvalue weighted by Gasteiger charge is 2.35. The first-order chi connectivity index (χ1) is 11.1. The fraction of sp³-hybridized carbons (Fsp3) is 0.111. The van der Waals surface area contributed by atoms with Gasteiger partial charge in [0.05, 0.1) is 0 Å². The van der Waals surface area contributed by atoms with Crippen molar-refractivity contribution < 1.29 is 9.59 Å².